The number of anilines is 1. The van der Waals surface area contributed by atoms with Crippen LogP contribution in [0.5, 0.6) is 0 Å². The zero-order valence-electron chi connectivity index (χ0n) is 11.4. The summed E-state index contributed by atoms with van der Waals surface area (Å²) in [5.41, 5.74) is 0. The summed E-state index contributed by atoms with van der Waals surface area (Å²) in [5, 5.41) is 2.94. The average molecular weight is 374 g/mol. The van der Waals surface area contributed by atoms with Gasteiger partial charge in [-0.25, -0.2) is 23.1 Å². The molecule has 2 aromatic rings. The van der Waals surface area contributed by atoms with E-state index in [9.17, 15) is 8.42 Å². The molecule has 0 unspecified atom stereocenters. The topological polar surface area (TPSA) is 99.8 Å². The highest BCUT2D eigenvalue weighted by Gasteiger charge is 2.19. The van der Waals surface area contributed by atoms with Gasteiger partial charge in [0.2, 0.25) is 10.0 Å². The normalized spacial score (nSPS) is 11.5. The van der Waals surface area contributed by atoms with Crippen LogP contribution < -0.4 is 10.0 Å². The number of hydrogen-bond donors (Lipinski definition) is 3. The fourth-order valence-electron chi connectivity index (χ4n) is 1.74. The van der Waals surface area contributed by atoms with Crippen molar-refractivity contribution in [3.8, 4) is 0 Å². The summed E-state index contributed by atoms with van der Waals surface area (Å²) in [4.78, 5) is 11.2. The van der Waals surface area contributed by atoms with Crippen molar-refractivity contribution in [2.75, 3.05) is 18.4 Å². The Morgan fingerprint density at radius 2 is 2.19 bits per heavy atom. The molecule has 0 aliphatic rings. The third-order valence-corrected chi connectivity index (χ3v) is 4.57. The summed E-state index contributed by atoms with van der Waals surface area (Å²) < 4.78 is 27.9. The first-order valence-corrected chi connectivity index (χ1v) is 8.68. The lowest BCUT2D eigenvalue weighted by molar-refractivity contribution is 0.581. The van der Waals surface area contributed by atoms with Gasteiger partial charge in [0.05, 0.1) is 0 Å². The Hall–Kier alpha value is -1.45. The lowest BCUT2D eigenvalue weighted by Gasteiger charge is -2.11. The van der Waals surface area contributed by atoms with Crippen LogP contribution in [0.3, 0.4) is 0 Å². The van der Waals surface area contributed by atoms with Crippen LogP contribution in [-0.2, 0) is 16.4 Å². The number of nitrogens with one attached hydrogen (secondary N) is 3. The van der Waals surface area contributed by atoms with Crippen LogP contribution in [0.25, 0.3) is 0 Å². The summed E-state index contributed by atoms with van der Waals surface area (Å²) in [6.07, 6.45) is 5.38. The van der Waals surface area contributed by atoms with Crippen LogP contribution in [-0.4, -0.2) is 36.5 Å². The van der Waals surface area contributed by atoms with E-state index in [4.69, 9.17) is 0 Å². The molecule has 7 nitrogen and oxygen atoms in total. The Bertz CT molecular complexity index is 688. The summed E-state index contributed by atoms with van der Waals surface area (Å²) in [6, 6.07) is 1.53. The van der Waals surface area contributed by atoms with E-state index in [1.807, 2.05) is 6.92 Å². The van der Waals surface area contributed by atoms with Gasteiger partial charge >= 0.3 is 0 Å². The van der Waals surface area contributed by atoms with Gasteiger partial charge in [0.25, 0.3) is 0 Å². The van der Waals surface area contributed by atoms with Gasteiger partial charge in [-0.1, -0.05) is 0 Å². The molecule has 0 bridgehead atoms. The van der Waals surface area contributed by atoms with Crippen LogP contribution in [0.15, 0.2) is 34.0 Å². The molecule has 9 heteroatoms. The largest absolute Gasteiger partial charge is 0.369 e. The lowest BCUT2D eigenvalue weighted by Crippen LogP contribution is -2.27. The number of hydrogen-bond acceptors (Lipinski definition) is 5. The quantitative estimate of drug-likeness (QED) is 0.683. The molecule has 2 heterocycles. The molecule has 0 amide bonds. The van der Waals surface area contributed by atoms with Gasteiger partial charge in [0, 0.05) is 42.6 Å². The third kappa shape index (κ3) is 4.26. The van der Waals surface area contributed by atoms with E-state index in [1.54, 1.807) is 18.6 Å². The number of aromatic nitrogens is 3. The molecule has 0 aliphatic carbocycles. The highest BCUT2D eigenvalue weighted by molar-refractivity contribution is 9.10. The van der Waals surface area contributed by atoms with Crippen molar-refractivity contribution in [3.05, 3.63) is 35.0 Å². The van der Waals surface area contributed by atoms with Crippen LogP contribution >= 0.6 is 15.9 Å². The molecule has 0 atom stereocenters. The summed E-state index contributed by atoms with van der Waals surface area (Å²) in [7, 11) is -3.64. The molecule has 0 fully saturated rings. The molecule has 0 radical (unpaired) electrons. The van der Waals surface area contributed by atoms with E-state index < -0.39 is 10.0 Å². The van der Waals surface area contributed by atoms with Gasteiger partial charge in [0.1, 0.15) is 16.5 Å². The van der Waals surface area contributed by atoms with E-state index in [-0.39, 0.29) is 11.4 Å². The predicted molar refractivity (Wildman–Crippen MR) is 83.6 cm³/mol. The Morgan fingerprint density at radius 1 is 1.38 bits per heavy atom. The van der Waals surface area contributed by atoms with Crippen molar-refractivity contribution in [2.45, 2.75) is 18.2 Å². The fraction of sp³-hybridized carbons (Fsp3) is 0.333. The van der Waals surface area contributed by atoms with Crippen LogP contribution in [0.2, 0.25) is 0 Å². The van der Waals surface area contributed by atoms with E-state index in [0.717, 1.165) is 5.82 Å². The molecule has 3 N–H and O–H groups in total. The zero-order chi connectivity index (χ0) is 15.3. The van der Waals surface area contributed by atoms with E-state index in [1.165, 1.54) is 6.07 Å². The Kier molecular flexibility index (Phi) is 5.32. The summed E-state index contributed by atoms with van der Waals surface area (Å²) in [5.74, 6) is 1.07. The highest BCUT2D eigenvalue weighted by Crippen LogP contribution is 2.22. The van der Waals surface area contributed by atoms with E-state index in [0.29, 0.717) is 23.3 Å². The molecule has 0 saturated carbocycles. The molecule has 0 aliphatic heterocycles. The molecule has 0 saturated heterocycles. The van der Waals surface area contributed by atoms with Crippen molar-refractivity contribution in [1.29, 1.82) is 0 Å². The number of H-pyrrole nitrogens is 1. The van der Waals surface area contributed by atoms with E-state index >= 15 is 0 Å². The third-order valence-electron chi connectivity index (χ3n) is 2.66. The average Bonchev–Trinajstić information content (AvgIpc) is 2.94. The fourth-order valence-corrected chi connectivity index (χ4v) is 3.41. The molecule has 114 valence electrons. The molecular formula is C12H16BrN5O2S. The van der Waals surface area contributed by atoms with Crippen molar-refractivity contribution in [3.63, 3.8) is 0 Å². The maximum absolute atomic E-state index is 12.4. The smallest absolute Gasteiger partial charge is 0.244 e. The number of rotatable bonds is 7. The van der Waals surface area contributed by atoms with Gasteiger partial charge in [-0.15, -0.1) is 0 Å². The number of halogens is 1. The number of pyridine rings is 1. The summed E-state index contributed by atoms with van der Waals surface area (Å²) in [6.45, 7) is 2.72. The maximum atomic E-state index is 12.4. The number of imidazole rings is 1. The van der Waals surface area contributed by atoms with Crippen LogP contribution in [0, 0.1) is 0 Å². The first kappa shape index (κ1) is 15.9. The standard InChI is InChI=1S/C12H16BrN5O2S/c1-2-14-12-10(7-9(13)8-17-12)21(19,20)18-4-3-11-15-5-6-16-11/h5-8,18H,2-4H2,1H3,(H,14,17)(H,15,16). The molecule has 0 aromatic carbocycles. The zero-order valence-corrected chi connectivity index (χ0v) is 13.8. The highest BCUT2D eigenvalue weighted by atomic mass is 79.9. The summed E-state index contributed by atoms with van der Waals surface area (Å²) >= 11 is 3.24. The minimum Gasteiger partial charge on any atom is -0.369 e. The Labute approximate surface area is 131 Å². The maximum Gasteiger partial charge on any atom is 0.244 e. The predicted octanol–water partition coefficient (Wildman–Crippen LogP) is 1.52. The minimum atomic E-state index is -3.64. The monoisotopic (exact) mass is 373 g/mol. The number of aromatic amines is 1. The van der Waals surface area contributed by atoms with Crippen LogP contribution in [0.1, 0.15) is 12.7 Å². The van der Waals surface area contributed by atoms with Crippen molar-refractivity contribution in [2.24, 2.45) is 0 Å². The Morgan fingerprint density at radius 3 is 2.86 bits per heavy atom. The first-order chi connectivity index (χ1) is 10.0. The SMILES string of the molecule is CCNc1ncc(Br)cc1S(=O)(=O)NCCc1ncc[nH]1. The Balaban J connectivity index is 2.12. The van der Waals surface area contributed by atoms with Crippen molar-refractivity contribution in [1.82, 2.24) is 19.7 Å². The molecule has 21 heavy (non-hydrogen) atoms. The molecular weight excluding hydrogens is 358 g/mol. The van der Waals surface area contributed by atoms with Crippen molar-refractivity contribution < 1.29 is 8.42 Å². The second kappa shape index (κ2) is 7.01. The molecule has 2 rings (SSSR count). The van der Waals surface area contributed by atoms with Crippen molar-refractivity contribution >= 4 is 31.8 Å². The van der Waals surface area contributed by atoms with Crippen LogP contribution in [0.4, 0.5) is 5.82 Å². The lowest BCUT2D eigenvalue weighted by atomic mass is 10.4. The molecule has 2 aromatic heterocycles. The van der Waals surface area contributed by atoms with E-state index in [2.05, 4.69) is 40.9 Å². The van der Waals surface area contributed by atoms with Gasteiger partial charge < -0.3 is 10.3 Å². The van der Waals surface area contributed by atoms with Gasteiger partial charge in [-0.2, -0.15) is 0 Å². The minimum absolute atomic E-state index is 0.123. The molecule has 0 spiro atoms. The van der Waals surface area contributed by atoms with Gasteiger partial charge in [0.15, 0.2) is 0 Å². The number of sulfonamides is 1. The van der Waals surface area contributed by atoms with Gasteiger partial charge in [-0.3, -0.25) is 0 Å². The second-order valence-electron chi connectivity index (χ2n) is 4.21. The first-order valence-electron chi connectivity index (χ1n) is 6.40. The second-order valence-corrected chi connectivity index (χ2v) is 6.87. The van der Waals surface area contributed by atoms with Gasteiger partial charge in [-0.05, 0) is 28.9 Å². The number of nitrogens with zero attached hydrogens (tertiary/aromatic N) is 2.